The largest absolute Gasteiger partial charge is 0.493 e. The Balaban J connectivity index is 2.44. The minimum absolute atomic E-state index is 0.178. The van der Waals surface area contributed by atoms with Crippen LogP contribution in [0.1, 0.15) is 34.6 Å². The number of esters is 1. The quantitative estimate of drug-likeness (QED) is 0.564. The van der Waals surface area contributed by atoms with Crippen LogP contribution in [0.25, 0.3) is 0 Å². The van der Waals surface area contributed by atoms with Crippen molar-refractivity contribution in [1.29, 1.82) is 0 Å². The van der Waals surface area contributed by atoms with Gasteiger partial charge in [-0.05, 0) is 12.1 Å². The summed E-state index contributed by atoms with van der Waals surface area (Å²) in [7, 11) is 4.23. The lowest BCUT2D eigenvalue weighted by Gasteiger charge is -2.16. The maximum Gasteiger partial charge on any atom is 0.340 e. The molecule has 0 spiro atoms. The predicted octanol–water partition coefficient (Wildman–Crippen LogP) is 4.24. The molecule has 0 unspecified atom stereocenters. The van der Waals surface area contributed by atoms with Crippen molar-refractivity contribution in [3.8, 4) is 11.5 Å². The van der Waals surface area contributed by atoms with E-state index in [0.29, 0.717) is 22.3 Å². The van der Waals surface area contributed by atoms with E-state index < -0.39 is 5.97 Å². The van der Waals surface area contributed by atoms with Gasteiger partial charge in [-0.15, -0.1) is 11.8 Å². The first kappa shape index (κ1) is 20.6. The number of thioether (sulfide) groups is 1. The number of hydrogen-bond acceptors (Lipinski definition) is 6. The molecule has 6 nitrogen and oxygen atoms in total. The van der Waals surface area contributed by atoms with E-state index in [9.17, 15) is 9.59 Å². The number of ether oxygens (including phenoxy) is 3. The summed E-state index contributed by atoms with van der Waals surface area (Å²) < 4.78 is 15.3. The monoisotopic (exact) mass is 389 g/mol. The van der Waals surface area contributed by atoms with Crippen LogP contribution in [0.2, 0.25) is 0 Å². The molecule has 0 fully saturated rings. The number of methoxy groups -OCH3 is 3. The highest BCUT2D eigenvalue weighted by Crippen LogP contribution is 2.34. The van der Waals surface area contributed by atoms with E-state index in [4.69, 9.17) is 14.2 Å². The minimum atomic E-state index is -0.587. The second kappa shape index (κ2) is 9.32. The molecule has 1 N–H and O–H groups in total. The van der Waals surface area contributed by atoms with Gasteiger partial charge in [0.15, 0.2) is 11.5 Å². The Bertz CT molecular complexity index is 835. The zero-order valence-corrected chi connectivity index (χ0v) is 16.8. The van der Waals surface area contributed by atoms with Crippen LogP contribution in [0.4, 0.5) is 5.69 Å². The number of rotatable bonds is 7. The fourth-order valence-corrected chi connectivity index (χ4v) is 3.41. The first-order chi connectivity index (χ1) is 12.9. The second-order valence-corrected chi connectivity index (χ2v) is 7.48. The number of hydrogen-bond donors (Lipinski definition) is 1. The van der Waals surface area contributed by atoms with Crippen molar-refractivity contribution < 1.29 is 23.8 Å². The summed E-state index contributed by atoms with van der Waals surface area (Å²) in [6.07, 6.45) is 0. The lowest BCUT2D eigenvalue weighted by molar-refractivity contribution is 0.0601. The summed E-state index contributed by atoms with van der Waals surface area (Å²) in [5, 5.41) is 3.12. The fraction of sp³-hybridized carbons (Fsp3) is 0.300. The Hall–Kier alpha value is -2.67. The van der Waals surface area contributed by atoms with Gasteiger partial charge in [0.2, 0.25) is 0 Å². The Morgan fingerprint density at radius 2 is 1.59 bits per heavy atom. The molecular formula is C20H23NO5S. The summed E-state index contributed by atoms with van der Waals surface area (Å²) in [6, 6.07) is 10.4. The second-order valence-electron chi connectivity index (χ2n) is 5.86. The third-order valence-corrected chi connectivity index (χ3v) is 4.75. The summed E-state index contributed by atoms with van der Waals surface area (Å²) in [6.45, 7) is 4.12. The van der Waals surface area contributed by atoms with Crippen molar-refractivity contribution in [2.75, 3.05) is 26.6 Å². The number of carbonyl (C=O) groups excluding carboxylic acids is 2. The maximum atomic E-state index is 12.9. The first-order valence-corrected chi connectivity index (χ1v) is 9.20. The van der Waals surface area contributed by atoms with Crippen LogP contribution >= 0.6 is 11.8 Å². The number of benzene rings is 2. The molecule has 7 heteroatoms. The van der Waals surface area contributed by atoms with E-state index in [2.05, 4.69) is 19.2 Å². The molecule has 0 aliphatic heterocycles. The van der Waals surface area contributed by atoms with Crippen molar-refractivity contribution >= 4 is 29.3 Å². The van der Waals surface area contributed by atoms with Gasteiger partial charge in [-0.25, -0.2) is 4.79 Å². The molecule has 144 valence electrons. The normalized spacial score (nSPS) is 10.4. The highest BCUT2D eigenvalue weighted by atomic mass is 32.2. The Labute approximate surface area is 163 Å². The molecule has 0 heterocycles. The maximum absolute atomic E-state index is 12.9. The van der Waals surface area contributed by atoms with Crippen LogP contribution in [-0.2, 0) is 4.74 Å². The van der Waals surface area contributed by atoms with Gasteiger partial charge in [-0.3, -0.25) is 4.79 Å². The van der Waals surface area contributed by atoms with Gasteiger partial charge in [0.05, 0.1) is 38.1 Å². The molecule has 0 radical (unpaired) electrons. The van der Waals surface area contributed by atoms with Gasteiger partial charge in [-0.1, -0.05) is 26.0 Å². The van der Waals surface area contributed by atoms with Gasteiger partial charge in [0, 0.05) is 22.3 Å². The third-order valence-electron chi connectivity index (χ3n) is 3.67. The van der Waals surface area contributed by atoms with Crippen LogP contribution in [0.3, 0.4) is 0 Å². The lowest BCUT2D eigenvalue weighted by Crippen LogP contribution is -2.17. The molecule has 0 aliphatic carbocycles. The van der Waals surface area contributed by atoms with Crippen LogP contribution < -0.4 is 14.8 Å². The molecule has 2 rings (SSSR count). The van der Waals surface area contributed by atoms with E-state index in [-0.39, 0.29) is 17.2 Å². The number of anilines is 1. The van der Waals surface area contributed by atoms with Crippen molar-refractivity contribution in [1.82, 2.24) is 0 Å². The third kappa shape index (κ3) is 4.95. The summed E-state index contributed by atoms with van der Waals surface area (Å²) in [5.41, 5.74) is 0.994. The van der Waals surface area contributed by atoms with Crippen LogP contribution in [-0.4, -0.2) is 38.5 Å². The van der Waals surface area contributed by atoms with Crippen molar-refractivity contribution in [3.05, 3.63) is 47.5 Å². The van der Waals surface area contributed by atoms with E-state index in [0.717, 1.165) is 4.90 Å². The predicted molar refractivity (Wildman–Crippen MR) is 106 cm³/mol. The van der Waals surface area contributed by atoms with E-state index >= 15 is 0 Å². The molecule has 0 saturated carbocycles. The lowest BCUT2D eigenvalue weighted by atomic mass is 10.1. The molecule has 0 aliphatic rings. The number of carbonyl (C=O) groups is 2. The van der Waals surface area contributed by atoms with E-state index in [1.165, 1.54) is 27.4 Å². The van der Waals surface area contributed by atoms with Crippen LogP contribution in [0.15, 0.2) is 41.3 Å². The summed E-state index contributed by atoms with van der Waals surface area (Å²) in [5.74, 6) is -0.149. The zero-order valence-electron chi connectivity index (χ0n) is 16.0. The molecule has 1 amide bonds. The van der Waals surface area contributed by atoms with Crippen molar-refractivity contribution in [2.45, 2.75) is 24.0 Å². The van der Waals surface area contributed by atoms with Crippen molar-refractivity contribution in [2.24, 2.45) is 0 Å². The first-order valence-electron chi connectivity index (χ1n) is 8.32. The zero-order chi connectivity index (χ0) is 20.0. The molecule has 2 aromatic carbocycles. The molecule has 27 heavy (non-hydrogen) atoms. The highest BCUT2D eigenvalue weighted by molar-refractivity contribution is 8.00. The molecular weight excluding hydrogens is 366 g/mol. The fourth-order valence-electron chi connectivity index (χ4n) is 2.46. The van der Waals surface area contributed by atoms with Gasteiger partial charge in [0.1, 0.15) is 0 Å². The molecule has 2 aromatic rings. The van der Waals surface area contributed by atoms with E-state index in [1.54, 1.807) is 30.0 Å². The summed E-state index contributed by atoms with van der Waals surface area (Å²) in [4.78, 5) is 25.9. The molecule has 0 aromatic heterocycles. The standard InChI is InChI=1S/C20H23NO5S/c1-12(2)27-18-9-7-6-8-13(18)19(22)21-15-11-17(25-4)16(24-3)10-14(15)20(23)26-5/h6-12H,1-5H3,(H,21,22). The Kier molecular flexibility index (Phi) is 7.12. The SMILES string of the molecule is COC(=O)c1cc(OC)c(OC)cc1NC(=O)c1ccccc1SC(C)C. The van der Waals surface area contributed by atoms with Gasteiger partial charge < -0.3 is 19.5 Å². The topological polar surface area (TPSA) is 73.9 Å². The van der Waals surface area contributed by atoms with Crippen molar-refractivity contribution in [3.63, 3.8) is 0 Å². The molecule has 0 bridgehead atoms. The minimum Gasteiger partial charge on any atom is -0.493 e. The Morgan fingerprint density at radius 3 is 2.19 bits per heavy atom. The van der Waals surface area contributed by atoms with Gasteiger partial charge >= 0.3 is 5.97 Å². The highest BCUT2D eigenvalue weighted by Gasteiger charge is 2.21. The van der Waals surface area contributed by atoms with Crippen LogP contribution in [0.5, 0.6) is 11.5 Å². The average molecular weight is 389 g/mol. The van der Waals surface area contributed by atoms with E-state index in [1.807, 2.05) is 12.1 Å². The summed E-state index contributed by atoms with van der Waals surface area (Å²) >= 11 is 1.60. The number of amides is 1. The smallest absolute Gasteiger partial charge is 0.340 e. The number of nitrogens with one attached hydrogen (secondary N) is 1. The van der Waals surface area contributed by atoms with Gasteiger partial charge in [0.25, 0.3) is 5.91 Å². The molecule has 0 saturated heterocycles. The average Bonchev–Trinajstić information content (AvgIpc) is 2.66. The van der Waals surface area contributed by atoms with Crippen LogP contribution in [0, 0.1) is 0 Å². The molecule has 0 atom stereocenters. The Morgan fingerprint density at radius 1 is 0.963 bits per heavy atom. The van der Waals surface area contributed by atoms with Gasteiger partial charge in [-0.2, -0.15) is 0 Å².